The molecule has 13 N–H and O–H groups in total. The number of carboxylic acid groups (broad SMARTS) is 7. The molecule has 0 aliphatic carbocycles. The fourth-order valence-corrected chi connectivity index (χ4v) is 42.0. The van der Waals surface area contributed by atoms with E-state index >= 15 is 0 Å². The van der Waals surface area contributed by atoms with E-state index in [9.17, 15) is 67.2 Å². The highest BCUT2D eigenvalue weighted by molar-refractivity contribution is 8.79. The molecule has 118 heavy (non-hydrogen) atoms. The van der Waals surface area contributed by atoms with E-state index in [1.54, 1.807) is 89.0 Å². The second-order valence-electron chi connectivity index (χ2n) is 25.9. The third-order valence-electron chi connectivity index (χ3n) is 16.0. The first-order chi connectivity index (χ1) is 55.8. The Hall–Kier alpha value is 1.25. The van der Waals surface area contributed by atoms with Gasteiger partial charge >= 0.3 is 41.8 Å². The van der Waals surface area contributed by atoms with Crippen LogP contribution in [0.5, 0.6) is 0 Å². The lowest BCUT2D eigenvalue weighted by molar-refractivity contribution is -0.142. The average Bonchev–Trinajstić information content (AvgIpc) is 1.31. The molecule has 12 unspecified atom stereocenters. The highest BCUT2D eigenvalue weighted by atomic mass is 33.1. The maximum absolute atomic E-state index is 12.6. The normalized spacial score (nSPS) is 27.0. The molecule has 29 nitrogen and oxygen atoms in total. The van der Waals surface area contributed by atoms with Gasteiger partial charge in [-0.1, -0.05) is 236 Å². The molecule has 678 valence electrons. The van der Waals surface area contributed by atoms with Crippen LogP contribution < -0.4 is 5.73 Å². The maximum Gasteiger partial charge on any atom is 0.325 e. The van der Waals surface area contributed by atoms with Crippen molar-refractivity contribution < 1.29 is 132 Å². The van der Waals surface area contributed by atoms with Gasteiger partial charge in [-0.05, 0) is 126 Å². The number of unbranched alkanes of at least 4 members (excludes halogenated alkanes) is 1. The number of nitrogens with two attached hydrogens (primary N) is 1. The smallest absolute Gasteiger partial charge is 0.325 e. The number of rotatable bonds is 19. The Morgan fingerprint density at radius 3 is 1.26 bits per heavy atom. The van der Waals surface area contributed by atoms with Crippen molar-refractivity contribution in [3.63, 3.8) is 0 Å². The third kappa shape index (κ3) is 48.8. The molecule has 2 aromatic carbocycles. The fraction of sp³-hybridized carbons (Fsp3) is 0.708. The van der Waals surface area contributed by atoms with Gasteiger partial charge in [-0.3, -0.25) is 41.9 Å². The number of aliphatic hydroxyl groups is 4. The highest BCUT2D eigenvalue weighted by Crippen LogP contribution is 2.46. The summed E-state index contributed by atoms with van der Waals surface area (Å²) < 4.78 is 105. The van der Waals surface area contributed by atoms with Crippen molar-refractivity contribution in [2.75, 3.05) is 105 Å². The van der Waals surface area contributed by atoms with Crippen LogP contribution in [0.2, 0.25) is 0 Å². The quantitative estimate of drug-likeness (QED) is 0.0353. The van der Waals surface area contributed by atoms with Gasteiger partial charge in [0.2, 0.25) is 8.87 Å². The molecule has 11 aliphatic heterocycles. The van der Waals surface area contributed by atoms with E-state index in [1.165, 1.54) is 106 Å². The van der Waals surface area contributed by atoms with Gasteiger partial charge in [0.15, 0.2) is 0 Å². The largest absolute Gasteiger partial charge is 0.481 e. The van der Waals surface area contributed by atoms with Gasteiger partial charge in [-0.2, -0.15) is 16.8 Å². The van der Waals surface area contributed by atoms with E-state index in [-0.39, 0.29) is 51.6 Å². The number of aryl methyl sites for hydroxylation is 2. The molecule has 0 saturated carbocycles. The zero-order valence-corrected chi connectivity index (χ0v) is 83.4. The molecule has 11 heterocycles. The van der Waals surface area contributed by atoms with Gasteiger partial charge in [0.05, 0.1) is 66.4 Å². The van der Waals surface area contributed by atoms with Crippen LogP contribution in [-0.2, 0) is 90.7 Å². The van der Waals surface area contributed by atoms with E-state index < -0.39 is 142 Å². The van der Waals surface area contributed by atoms with Gasteiger partial charge in [0.1, 0.15) is 44.0 Å². The first-order valence-corrected chi connectivity index (χ1v) is 66.7. The van der Waals surface area contributed by atoms with Crippen molar-refractivity contribution >= 4 is 296 Å². The number of aliphatic hydroxyl groups excluding tert-OH is 4. The molecule has 11 fully saturated rings. The number of aliphatic carboxylic acids is 7. The molecular formula is C65H101NO28S24. The standard InChI is InChI=1S/C18H20O7S4.C8H14O2S2.C6H8O4S2.C5H6O4S2.C5H10O2S2.C4H7NO2S2.C4H8O2S2.C4H6O2S2.C4H8O2S2.C4H8OS2.C3H6S2/c1-13-3-7-15(8-4-13)28(20,21)24-17-11-26-27(19)12-18(17)25-29(22,23)16-9-5-14(2)6-10-16;9-8(10)4-2-1-3-7-5-6-11-12-7;7-5(8)3-1-2-4(6(9)10)12-11-3;6-4(7)2-1-3(5(8)9)11-10-2;6-1-5(2-7)3-8-9-4-5;5-4(3(6)7)1-8-9-2-4;5-3-1-7-8-2-4(3)6;5-4(6)3-1-2-7-8-3;5-8(6)4-2-1-3-7-8;5-7-4-2-1-3-6-7;1-2-4-5-3-1/h3-10,17-18H,11-12H2,1-2H3;7H,1-6H2,(H,9,10);3-4H,1-2H2,(H,7,8)(H,9,10);2-3H,1H2,(H,6,7)(H,8,9);6-7H,1-4H2;1-2,5H2,(H,6,7);3-6H,1-2H2;3H,1-2H2,(H,5,6);1-4H2;1-4H2;1-3H2. The lowest BCUT2D eigenvalue weighted by Crippen LogP contribution is -2.50. The Balaban J connectivity index is 0.000000350. The van der Waals surface area contributed by atoms with Crippen LogP contribution in [0.25, 0.3) is 0 Å². The first-order valence-electron chi connectivity index (χ1n) is 35.8. The maximum atomic E-state index is 12.6. The Bertz CT molecular complexity index is 3620. The molecule has 2 aromatic rings. The predicted octanol–water partition coefficient (Wildman–Crippen LogP) is 12.7. The molecule has 0 amide bonds. The molecule has 0 bridgehead atoms. The Morgan fingerprint density at radius 1 is 0.492 bits per heavy atom. The highest BCUT2D eigenvalue weighted by Gasteiger charge is 2.41. The van der Waals surface area contributed by atoms with E-state index in [0.717, 1.165) is 148 Å². The third-order valence-corrected chi connectivity index (χ3v) is 51.0. The van der Waals surface area contributed by atoms with Crippen LogP contribution in [0, 0.1) is 19.3 Å². The van der Waals surface area contributed by atoms with Crippen molar-refractivity contribution in [3.8, 4) is 0 Å². The minimum Gasteiger partial charge on any atom is -0.481 e. The minimum atomic E-state index is -4.18. The molecule has 12 atom stereocenters. The molecule has 53 heteroatoms. The van der Waals surface area contributed by atoms with Crippen molar-refractivity contribution in [1.29, 1.82) is 0 Å². The molecular weight excluding hydrogens is 2010 g/mol. The Kier molecular flexibility index (Phi) is 60.1. The second kappa shape index (κ2) is 62.5. The Labute approximate surface area is 769 Å². The number of hydrogen-bond donors (Lipinski definition) is 12. The van der Waals surface area contributed by atoms with Gasteiger partial charge < -0.3 is 61.9 Å². The number of benzene rings is 2. The average molecular weight is 2110 g/mol. The zero-order chi connectivity index (χ0) is 87.9. The predicted molar refractivity (Wildman–Crippen MR) is 510 cm³/mol. The fourth-order valence-electron chi connectivity index (χ4n) is 8.81. The van der Waals surface area contributed by atoms with Crippen molar-refractivity contribution in [1.82, 2.24) is 0 Å². The monoisotopic (exact) mass is 2110 g/mol. The SMILES string of the molecule is C1CSSC1.Cc1ccc(S(=O)(=O)OC2CSS(=O)CC2OS(=O)(=O)c2ccc(C)cc2)cc1.NC1(C(=O)O)CSSC1.O=C(O)C1CC(C(=O)O)SS1.O=C(O)C1CCC(C(=O)O)SS1.O=C(O)C1CCSS1.O=C(O)CCCCC1CCSS1.O=S1(=O)CCCCS1.O=S1CCCCS1.OC1CSSCC1O.OCC1(CO)CSSC1. The molecule has 13 rings (SSSR count). The van der Waals surface area contributed by atoms with Gasteiger partial charge in [-0.15, -0.1) is 0 Å². The van der Waals surface area contributed by atoms with E-state index in [0.29, 0.717) is 48.0 Å². The molecule has 0 spiro atoms. The summed E-state index contributed by atoms with van der Waals surface area (Å²) in [5, 5.41) is 93.5. The van der Waals surface area contributed by atoms with Crippen molar-refractivity contribution in [2.24, 2.45) is 11.1 Å². The van der Waals surface area contributed by atoms with E-state index in [2.05, 4.69) is 0 Å². The van der Waals surface area contributed by atoms with E-state index in [1.807, 2.05) is 57.0 Å². The van der Waals surface area contributed by atoms with E-state index in [4.69, 9.17) is 70.3 Å². The van der Waals surface area contributed by atoms with Crippen LogP contribution in [0.4, 0.5) is 0 Å². The zero-order valence-electron chi connectivity index (χ0n) is 63.8. The molecule has 0 radical (unpaired) electrons. The van der Waals surface area contributed by atoms with Crippen molar-refractivity contribution in [2.45, 2.75) is 175 Å². The summed E-state index contributed by atoms with van der Waals surface area (Å²) in [5.74, 6) is 6.43. The van der Waals surface area contributed by atoms with Gasteiger partial charge in [0, 0.05) is 97.6 Å². The Morgan fingerprint density at radius 2 is 0.949 bits per heavy atom. The lowest BCUT2D eigenvalue weighted by atomic mass is 9.96. The summed E-state index contributed by atoms with van der Waals surface area (Å²) in [6.07, 6.45) is 9.19. The second-order valence-corrected chi connectivity index (χ2v) is 61.3. The summed E-state index contributed by atoms with van der Waals surface area (Å²) >= 11 is 0. The number of carboxylic acids is 7. The molecule has 11 saturated heterocycles. The van der Waals surface area contributed by atoms with Crippen molar-refractivity contribution in [3.05, 3.63) is 59.7 Å². The van der Waals surface area contributed by atoms with Crippen LogP contribution in [0.1, 0.15) is 101 Å². The number of carbonyl (C=O) groups is 7. The van der Waals surface area contributed by atoms with Gasteiger partial charge in [0.25, 0.3) is 20.2 Å². The first kappa shape index (κ1) is 113. The summed E-state index contributed by atoms with van der Waals surface area (Å²) in [4.78, 5) is 72.2. The number of hydrogen-bond acceptors (Lipinski definition) is 41. The summed E-state index contributed by atoms with van der Waals surface area (Å²) in [5.41, 5.74) is 6.08. The summed E-state index contributed by atoms with van der Waals surface area (Å²) in [7, 11) is 16.0. The molecule has 11 aliphatic rings. The lowest BCUT2D eigenvalue weighted by Gasteiger charge is -2.29. The minimum absolute atomic E-state index is 0.0196. The van der Waals surface area contributed by atoms with Gasteiger partial charge in [-0.25, -0.2) is 16.8 Å². The topological polar surface area (TPSA) is 523 Å². The van der Waals surface area contributed by atoms with Crippen LogP contribution in [0.3, 0.4) is 0 Å². The molecule has 0 aromatic heterocycles. The summed E-state index contributed by atoms with van der Waals surface area (Å²) in [6.45, 7) is 3.87. The van der Waals surface area contributed by atoms with Crippen LogP contribution in [0.15, 0.2) is 58.3 Å². The summed E-state index contributed by atoms with van der Waals surface area (Å²) in [6, 6.07) is 12.2. The van der Waals surface area contributed by atoms with Crippen LogP contribution >= 0.6 is 205 Å². The van der Waals surface area contributed by atoms with Crippen LogP contribution in [-0.4, -0.2) is 298 Å².